The molecule has 1 N–H and O–H groups in total. The van der Waals surface area contributed by atoms with Gasteiger partial charge in [-0.15, -0.1) is 0 Å². The third-order valence-corrected chi connectivity index (χ3v) is 3.69. The second-order valence-corrected chi connectivity index (χ2v) is 4.86. The van der Waals surface area contributed by atoms with E-state index in [-0.39, 0.29) is 0 Å². The van der Waals surface area contributed by atoms with Crippen molar-refractivity contribution in [3.8, 4) is 0 Å². The van der Waals surface area contributed by atoms with E-state index < -0.39 is 0 Å². The lowest BCUT2D eigenvalue weighted by Crippen LogP contribution is -2.33. The lowest BCUT2D eigenvalue weighted by Gasteiger charge is -2.28. The molecule has 1 aliphatic rings. The quantitative estimate of drug-likeness (QED) is 0.789. The summed E-state index contributed by atoms with van der Waals surface area (Å²) >= 11 is 0. The molecular formula is C13H17N3. The van der Waals surface area contributed by atoms with Crippen molar-refractivity contribution in [3.63, 3.8) is 0 Å². The molecule has 84 valence electrons. The van der Waals surface area contributed by atoms with Gasteiger partial charge in [-0.05, 0) is 45.0 Å². The third kappa shape index (κ3) is 1.43. The zero-order chi connectivity index (χ0) is 11.1. The minimum Gasteiger partial charge on any atom is -0.357 e. The van der Waals surface area contributed by atoms with E-state index in [0.29, 0.717) is 6.04 Å². The maximum atomic E-state index is 4.17. The van der Waals surface area contributed by atoms with Crippen LogP contribution in [0, 0.1) is 0 Å². The number of rotatable bonds is 1. The summed E-state index contributed by atoms with van der Waals surface area (Å²) in [6, 6.07) is 2.81. The highest BCUT2D eigenvalue weighted by molar-refractivity contribution is 5.84. The number of fused-ring (bicyclic) bond motifs is 3. The van der Waals surface area contributed by atoms with Crippen molar-refractivity contribution in [2.24, 2.45) is 0 Å². The Morgan fingerprint density at radius 1 is 1.44 bits per heavy atom. The summed E-state index contributed by atoms with van der Waals surface area (Å²) in [5.74, 6) is 0. The first kappa shape index (κ1) is 9.85. The lowest BCUT2D eigenvalue weighted by molar-refractivity contribution is 0.268. The zero-order valence-corrected chi connectivity index (χ0v) is 9.83. The minimum atomic E-state index is 0.680. The number of nitrogens with one attached hydrogen (secondary N) is 1. The van der Waals surface area contributed by atoms with Crippen LogP contribution >= 0.6 is 0 Å². The van der Waals surface area contributed by atoms with Gasteiger partial charge in [-0.1, -0.05) is 0 Å². The molecule has 1 aliphatic carbocycles. The number of aryl methyl sites for hydroxylation is 1. The zero-order valence-electron chi connectivity index (χ0n) is 9.83. The second-order valence-electron chi connectivity index (χ2n) is 4.86. The molecule has 0 fully saturated rings. The highest BCUT2D eigenvalue weighted by Crippen LogP contribution is 2.29. The van der Waals surface area contributed by atoms with Crippen LogP contribution in [0.4, 0.5) is 0 Å². The summed E-state index contributed by atoms with van der Waals surface area (Å²) in [6.45, 7) is 0. The minimum absolute atomic E-state index is 0.680. The van der Waals surface area contributed by atoms with Gasteiger partial charge in [0.15, 0.2) is 0 Å². The Kier molecular flexibility index (Phi) is 2.21. The summed E-state index contributed by atoms with van der Waals surface area (Å²) in [7, 11) is 4.35. The van der Waals surface area contributed by atoms with Crippen molar-refractivity contribution in [2.75, 3.05) is 14.1 Å². The molecule has 0 spiro atoms. The van der Waals surface area contributed by atoms with Crippen LogP contribution in [0.5, 0.6) is 0 Å². The SMILES string of the molecule is CN(C)[C@H]1CCc2[nH]c3cnccc3c2C1. The fourth-order valence-electron chi connectivity index (χ4n) is 2.69. The van der Waals surface area contributed by atoms with Crippen LogP contribution in [-0.2, 0) is 12.8 Å². The van der Waals surface area contributed by atoms with E-state index in [4.69, 9.17) is 0 Å². The van der Waals surface area contributed by atoms with Crippen LogP contribution in [-0.4, -0.2) is 35.0 Å². The van der Waals surface area contributed by atoms with Gasteiger partial charge in [0.1, 0.15) is 0 Å². The summed E-state index contributed by atoms with van der Waals surface area (Å²) in [5.41, 5.74) is 4.11. The Morgan fingerprint density at radius 3 is 3.12 bits per heavy atom. The normalized spacial score (nSPS) is 20.3. The van der Waals surface area contributed by atoms with Crippen molar-refractivity contribution in [1.82, 2.24) is 14.9 Å². The Hall–Kier alpha value is -1.35. The van der Waals surface area contributed by atoms with Gasteiger partial charge in [0, 0.05) is 23.3 Å². The molecule has 0 unspecified atom stereocenters. The summed E-state index contributed by atoms with van der Waals surface area (Å²) < 4.78 is 0. The number of hydrogen-bond donors (Lipinski definition) is 1. The lowest BCUT2D eigenvalue weighted by atomic mass is 9.91. The van der Waals surface area contributed by atoms with Gasteiger partial charge in [-0.3, -0.25) is 4.98 Å². The fraction of sp³-hybridized carbons (Fsp3) is 0.462. The summed E-state index contributed by atoms with van der Waals surface area (Å²) in [6.07, 6.45) is 7.38. The molecule has 0 aliphatic heterocycles. The van der Waals surface area contributed by atoms with Crippen molar-refractivity contribution >= 4 is 10.9 Å². The number of likely N-dealkylation sites (N-methyl/N-ethyl adjacent to an activating group) is 1. The van der Waals surface area contributed by atoms with E-state index in [2.05, 4.69) is 35.0 Å². The average molecular weight is 215 g/mol. The summed E-state index contributed by atoms with van der Waals surface area (Å²) in [5, 5.41) is 1.36. The highest BCUT2D eigenvalue weighted by atomic mass is 15.1. The van der Waals surface area contributed by atoms with Crippen LogP contribution in [0.3, 0.4) is 0 Å². The van der Waals surface area contributed by atoms with Crippen LogP contribution in [0.2, 0.25) is 0 Å². The molecule has 0 saturated carbocycles. The molecule has 0 aromatic carbocycles. The van der Waals surface area contributed by atoms with E-state index in [1.807, 2.05) is 12.4 Å². The topological polar surface area (TPSA) is 31.9 Å². The largest absolute Gasteiger partial charge is 0.357 e. The molecule has 2 aromatic rings. The van der Waals surface area contributed by atoms with E-state index in [0.717, 1.165) is 12.8 Å². The number of aromatic amines is 1. The maximum absolute atomic E-state index is 4.17. The number of aromatic nitrogens is 2. The molecule has 16 heavy (non-hydrogen) atoms. The first-order valence-electron chi connectivity index (χ1n) is 5.85. The molecule has 0 bridgehead atoms. The monoisotopic (exact) mass is 215 g/mol. The molecule has 3 nitrogen and oxygen atoms in total. The maximum Gasteiger partial charge on any atom is 0.0645 e. The van der Waals surface area contributed by atoms with Gasteiger partial charge in [-0.2, -0.15) is 0 Å². The predicted molar refractivity (Wildman–Crippen MR) is 65.6 cm³/mol. The fourth-order valence-corrected chi connectivity index (χ4v) is 2.69. The second kappa shape index (κ2) is 3.59. The van der Waals surface area contributed by atoms with E-state index in [1.165, 1.54) is 28.6 Å². The predicted octanol–water partition coefficient (Wildman–Crippen LogP) is 1.98. The van der Waals surface area contributed by atoms with Crippen molar-refractivity contribution in [1.29, 1.82) is 0 Å². The Balaban J connectivity index is 2.08. The van der Waals surface area contributed by atoms with Crippen LogP contribution in [0.25, 0.3) is 10.9 Å². The van der Waals surface area contributed by atoms with Gasteiger partial charge < -0.3 is 9.88 Å². The molecule has 3 heteroatoms. The van der Waals surface area contributed by atoms with E-state index in [1.54, 1.807) is 0 Å². The number of H-pyrrole nitrogens is 1. The van der Waals surface area contributed by atoms with Gasteiger partial charge >= 0.3 is 0 Å². The van der Waals surface area contributed by atoms with Crippen LogP contribution in [0.15, 0.2) is 18.5 Å². The first-order valence-corrected chi connectivity index (χ1v) is 5.85. The van der Waals surface area contributed by atoms with Gasteiger partial charge in [-0.25, -0.2) is 0 Å². The molecule has 0 radical (unpaired) electrons. The van der Waals surface area contributed by atoms with Crippen molar-refractivity contribution in [2.45, 2.75) is 25.3 Å². The molecule has 0 saturated heterocycles. The summed E-state index contributed by atoms with van der Waals surface area (Å²) in [4.78, 5) is 10.00. The first-order chi connectivity index (χ1) is 7.75. The highest BCUT2D eigenvalue weighted by Gasteiger charge is 2.23. The van der Waals surface area contributed by atoms with Gasteiger partial charge in [0.2, 0.25) is 0 Å². The number of nitrogens with zero attached hydrogens (tertiary/aromatic N) is 2. The number of pyridine rings is 1. The van der Waals surface area contributed by atoms with E-state index >= 15 is 0 Å². The van der Waals surface area contributed by atoms with Crippen LogP contribution in [0.1, 0.15) is 17.7 Å². The molecule has 0 amide bonds. The Morgan fingerprint density at radius 2 is 2.31 bits per heavy atom. The smallest absolute Gasteiger partial charge is 0.0645 e. The molecule has 3 rings (SSSR count). The number of hydrogen-bond acceptors (Lipinski definition) is 2. The van der Waals surface area contributed by atoms with Gasteiger partial charge in [0.25, 0.3) is 0 Å². The molecular weight excluding hydrogens is 198 g/mol. The Labute approximate surface area is 95.5 Å². The standard InChI is InChI=1S/C13H17N3/c1-16(2)9-3-4-12-11(7-9)10-5-6-14-8-13(10)15-12/h5-6,8-9,15H,3-4,7H2,1-2H3/t9-/m0/s1. The van der Waals surface area contributed by atoms with Crippen molar-refractivity contribution < 1.29 is 0 Å². The van der Waals surface area contributed by atoms with Crippen molar-refractivity contribution in [3.05, 3.63) is 29.7 Å². The third-order valence-electron chi connectivity index (χ3n) is 3.69. The average Bonchev–Trinajstić information content (AvgIpc) is 2.66. The molecule has 2 aromatic heterocycles. The van der Waals surface area contributed by atoms with E-state index in [9.17, 15) is 0 Å². The molecule has 1 atom stereocenters. The molecule has 2 heterocycles. The Bertz CT molecular complexity index is 513. The van der Waals surface area contributed by atoms with Gasteiger partial charge in [0.05, 0.1) is 11.7 Å². The van der Waals surface area contributed by atoms with Crippen LogP contribution < -0.4 is 0 Å².